The van der Waals surface area contributed by atoms with E-state index in [1.54, 1.807) is 47.2 Å². The predicted octanol–water partition coefficient (Wildman–Crippen LogP) is 3.46. The summed E-state index contributed by atoms with van der Waals surface area (Å²) in [5, 5.41) is 10.2. The molecule has 1 unspecified atom stereocenters. The number of pyridine rings is 2. The lowest BCUT2D eigenvalue weighted by molar-refractivity contribution is -0.116. The molecule has 4 aromatic rings. The average Bonchev–Trinajstić information content (AvgIpc) is 3.40. The van der Waals surface area contributed by atoms with Gasteiger partial charge in [0.1, 0.15) is 11.9 Å². The number of carbonyl (C=O) groups excluding carboxylic acids is 2. The fourth-order valence-electron chi connectivity index (χ4n) is 4.25. The summed E-state index contributed by atoms with van der Waals surface area (Å²) >= 11 is 0. The summed E-state index contributed by atoms with van der Waals surface area (Å²) in [6.07, 6.45) is 5.00. The highest BCUT2D eigenvalue weighted by Crippen LogP contribution is 2.25. The topological polar surface area (TPSA) is 114 Å². The van der Waals surface area contributed by atoms with Crippen molar-refractivity contribution in [3.05, 3.63) is 78.8 Å². The molecule has 4 heterocycles. The molecule has 10 nitrogen and oxygen atoms in total. The van der Waals surface area contributed by atoms with Crippen LogP contribution in [0, 0.1) is 0 Å². The number of morpholine rings is 1. The van der Waals surface area contributed by atoms with Crippen LogP contribution in [0.5, 0.6) is 0 Å². The quantitative estimate of drug-likeness (QED) is 0.391. The van der Waals surface area contributed by atoms with E-state index in [-0.39, 0.29) is 11.8 Å². The fraction of sp³-hybridized carbons (Fsp3) is 0.250. The third-order valence-electron chi connectivity index (χ3n) is 6.40. The van der Waals surface area contributed by atoms with Gasteiger partial charge in [-0.1, -0.05) is 30.3 Å². The highest BCUT2D eigenvalue weighted by Gasteiger charge is 2.24. The molecule has 2 amide bonds. The van der Waals surface area contributed by atoms with Crippen LogP contribution in [0.25, 0.3) is 22.5 Å². The number of benzene rings is 1. The maximum atomic E-state index is 13.5. The molecule has 1 aliphatic heterocycles. The first-order valence-corrected chi connectivity index (χ1v) is 12.4. The second-order valence-corrected chi connectivity index (χ2v) is 9.01. The van der Waals surface area contributed by atoms with Crippen LogP contribution in [0.2, 0.25) is 0 Å². The Balaban J connectivity index is 1.33. The molecule has 2 N–H and O–H groups in total. The van der Waals surface area contributed by atoms with Gasteiger partial charge in [0.05, 0.1) is 42.0 Å². The highest BCUT2D eigenvalue weighted by atomic mass is 16.5. The molecule has 5 rings (SSSR count). The Labute approximate surface area is 220 Å². The molecule has 0 saturated carbocycles. The Morgan fingerprint density at radius 3 is 2.45 bits per heavy atom. The molecule has 1 aromatic carbocycles. The van der Waals surface area contributed by atoms with Gasteiger partial charge in [-0.05, 0) is 36.8 Å². The van der Waals surface area contributed by atoms with Gasteiger partial charge >= 0.3 is 0 Å². The lowest BCUT2D eigenvalue weighted by atomic mass is 10.1. The minimum Gasteiger partial charge on any atom is -0.378 e. The lowest BCUT2D eigenvalue weighted by Gasteiger charge is -2.28. The molecule has 1 fully saturated rings. The molecule has 0 radical (unpaired) electrons. The molecule has 1 saturated heterocycles. The van der Waals surface area contributed by atoms with Crippen molar-refractivity contribution < 1.29 is 14.3 Å². The van der Waals surface area contributed by atoms with Gasteiger partial charge in [-0.25, -0.2) is 4.98 Å². The Bertz CT molecular complexity index is 1410. The lowest BCUT2D eigenvalue weighted by Crippen LogP contribution is -2.41. The van der Waals surface area contributed by atoms with Crippen LogP contribution < -0.4 is 10.6 Å². The summed E-state index contributed by atoms with van der Waals surface area (Å²) in [5.74, 6) is 0.00969. The smallest absolute Gasteiger partial charge is 0.256 e. The van der Waals surface area contributed by atoms with E-state index in [4.69, 9.17) is 4.74 Å². The predicted molar refractivity (Wildman–Crippen MR) is 145 cm³/mol. The van der Waals surface area contributed by atoms with Crippen LogP contribution in [0.4, 0.5) is 11.5 Å². The number of aryl methyl sites for hydroxylation is 1. The van der Waals surface area contributed by atoms with Gasteiger partial charge in [0, 0.05) is 38.1 Å². The second-order valence-electron chi connectivity index (χ2n) is 9.01. The van der Waals surface area contributed by atoms with Gasteiger partial charge in [-0.3, -0.25) is 19.3 Å². The van der Waals surface area contributed by atoms with Crippen molar-refractivity contribution in [2.24, 2.45) is 7.05 Å². The van der Waals surface area contributed by atoms with Crippen LogP contribution >= 0.6 is 0 Å². The van der Waals surface area contributed by atoms with Crippen molar-refractivity contribution in [2.45, 2.75) is 13.0 Å². The van der Waals surface area contributed by atoms with E-state index in [1.165, 1.54) is 0 Å². The van der Waals surface area contributed by atoms with E-state index in [9.17, 15) is 9.59 Å². The van der Waals surface area contributed by atoms with E-state index in [0.717, 1.165) is 16.8 Å². The van der Waals surface area contributed by atoms with Crippen molar-refractivity contribution in [2.75, 3.05) is 36.9 Å². The monoisotopic (exact) mass is 511 g/mol. The highest BCUT2D eigenvalue weighted by molar-refractivity contribution is 6.02. The number of anilines is 2. The molecule has 10 heteroatoms. The van der Waals surface area contributed by atoms with E-state index in [2.05, 4.69) is 25.7 Å². The van der Waals surface area contributed by atoms with Crippen molar-refractivity contribution in [1.82, 2.24) is 24.6 Å². The van der Waals surface area contributed by atoms with E-state index >= 15 is 0 Å². The number of ether oxygens (including phenoxy) is 1. The summed E-state index contributed by atoms with van der Waals surface area (Å²) in [4.78, 5) is 37.2. The summed E-state index contributed by atoms with van der Waals surface area (Å²) in [6.45, 7) is 3.71. The Morgan fingerprint density at radius 1 is 0.974 bits per heavy atom. The van der Waals surface area contributed by atoms with E-state index < -0.39 is 6.04 Å². The fourth-order valence-corrected chi connectivity index (χ4v) is 4.25. The van der Waals surface area contributed by atoms with E-state index in [1.807, 2.05) is 49.5 Å². The second kappa shape index (κ2) is 11.2. The number of nitrogens with one attached hydrogen (secondary N) is 2. The molecule has 3 aromatic heterocycles. The molecule has 0 spiro atoms. The number of amides is 2. The molecular formula is C28H29N7O3. The minimum atomic E-state index is -0.661. The number of aromatic nitrogens is 4. The Kier molecular flexibility index (Phi) is 7.41. The van der Waals surface area contributed by atoms with Crippen LogP contribution in [0.1, 0.15) is 17.3 Å². The van der Waals surface area contributed by atoms with Crippen molar-refractivity contribution in [3.8, 4) is 22.5 Å². The number of nitrogens with zero attached hydrogens (tertiary/aromatic N) is 5. The first-order chi connectivity index (χ1) is 18.5. The van der Waals surface area contributed by atoms with Gasteiger partial charge in [-0.2, -0.15) is 5.10 Å². The maximum absolute atomic E-state index is 13.5. The molecule has 0 bridgehead atoms. The van der Waals surface area contributed by atoms with Crippen LogP contribution in [-0.4, -0.2) is 68.8 Å². The summed E-state index contributed by atoms with van der Waals surface area (Å²) < 4.78 is 7.11. The van der Waals surface area contributed by atoms with Gasteiger partial charge in [0.2, 0.25) is 5.91 Å². The number of hydrogen-bond donors (Lipinski definition) is 2. The van der Waals surface area contributed by atoms with Crippen molar-refractivity contribution >= 4 is 23.3 Å². The summed E-state index contributed by atoms with van der Waals surface area (Å²) in [7, 11) is 1.82. The van der Waals surface area contributed by atoms with Crippen molar-refractivity contribution in [3.63, 3.8) is 0 Å². The van der Waals surface area contributed by atoms with Crippen LogP contribution in [0.3, 0.4) is 0 Å². The SMILES string of the molecule is CC(Nc1cnc(-c2ccnn2C)cc1C(=O)N1CCOCC1)C(=O)Nc1ccc(-c2ccccc2)cn1. The van der Waals surface area contributed by atoms with Crippen LogP contribution in [-0.2, 0) is 16.6 Å². The molecule has 38 heavy (non-hydrogen) atoms. The first-order valence-electron chi connectivity index (χ1n) is 12.4. The third kappa shape index (κ3) is 5.55. The third-order valence-corrected chi connectivity index (χ3v) is 6.40. The number of rotatable bonds is 7. The Morgan fingerprint density at radius 2 is 1.76 bits per heavy atom. The zero-order valence-electron chi connectivity index (χ0n) is 21.3. The van der Waals surface area contributed by atoms with Crippen LogP contribution in [0.15, 0.2) is 73.2 Å². The van der Waals surface area contributed by atoms with Gasteiger partial charge < -0.3 is 20.3 Å². The van der Waals surface area contributed by atoms with E-state index in [0.29, 0.717) is 49.1 Å². The van der Waals surface area contributed by atoms with Gasteiger partial charge in [0.25, 0.3) is 5.91 Å². The molecule has 1 aliphatic rings. The number of hydrogen-bond acceptors (Lipinski definition) is 7. The maximum Gasteiger partial charge on any atom is 0.256 e. The van der Waals surface area contributed by atoms with Gasteiger partial charge in [0.15, 0.2) is 0 Å². The average molecular weight is 512 g/mol. The standard InChI is InChI=1S/C28H29N7O3/c1-19(27(36)33-26-9-8-21(17-30-26)20-6-4-3-5-7-20)32-24-18-29-23(25-10-11-31-34(25)2)16-22(24)28(37)35-12-14-38-15-13-35/h3-11,16-19,32H,12-15H2,1-2H3,(H,30,33,36). The number of carbonyl (C=O) groups is 2. The zero-order valence-corrected chi connectivity index (χ0v) is 21.3. The van der Waals surface area contributed by atoms with Gasteiger partial charge in [-0.15, -0.1) is 0 Å². The first kappa shape index (κ1) is 25.1. The largest absolute Gasteiger partial charge is 0.378 e. The molecule has 1 atom stereocenters. The zero-order chi connectivity index (χ0) is 26.5. The van der Waals surface area contributed by atoms with Crippen molar-refractivity contribution in [1.29, 1.82) is 0 Å². The molecule has 0 aliphatic carbocycles. The summed E-state index contributed by atoms with van der Waals surface area (Å²) in [6, 6.07) is 16.5. The molecular weight excluding hydrogens is 482 g/mol. The normalized spacial score (nSPS) is 14.1. The minimum absolute atomic E-state index is 0.146. The summed E-state index contributed by atoms with van der Waals surface area (Å²) in [5.41, 5.74) is 4.31. The Hall–Kier alpha value is -4.57. The molecule has 194 valence electrons.